The molecule has 0 aromatic heterocycles. The van der Waals surface area contributed by atoms with Gasteiger partial charge in [0.1, 0.15) is 5.82 Å². The number of benzene rings is 2. The molecule has 28 heavy (non-hydrogen) atoms. The Kier molecular flexibility index (Phi) is 6.21. The molecule has 2 aromatic carbocycles. The number of nitrogens with zero attached hydrogens (tertiary/aromatic N) is 1. The van der Waals surface area contributed by atoms with Crippen LogP contribution >= 0.6 is 11.6 Å². The first-order chi connectivity index (χ1) is 13.4. The fourth-order valence-electron chi connectivity index (χ4n) is 3.15. The molecular weight excluding hydrogens is 379 g/mol. The van der Waals surface area contributed by atoms with Crippen molar-refractivity contribution in [1.82, 2.24) is 4.90 Å². The van der Waals surface area contributed by atoms with Gasteiger partial charge in [-0.2, -0.15) is 0 Å². The fourth-order valence-corrected chi connectivity index (χ4v) is 3.27. The summed E-state index contributed by atoms with van der Waals surface area (Å²) < 4.78 is 19.0. The Balaban J connectivity index is 1.64. The van der Waals surface area contributed by atoms with Gasteiger partial charge in [-0.05, 0) is 55.1 Å². The summed E-state index contributed by atoms with van der Waals surface area (Å²) in [6, 6.07) is 10.6. The van der Waals surface area contributed by atoms with Crippen LogP contribution in [0, 0.1) is 23.6 Å². The van der Waals surface area contributed by atoms with Crippen LogP contribution in [-0.4, -0.2) is 37.5 Å². The summed E-state index contributed by atoms with van der Waals surface area (Å²) in [5.41, 5.74) is 3.56. The van der Waals surface area contributed by atoms with E-state index < -0.39 is 5.82 Å². The quantitative estimate of drug-likeness (QED) is 0.407. The lowest BCUT2D eigenvalue weighted by Gasteiger charge is -2.43. The molecule has 0 radical (unpaired) electrons. The molecule has 1 aliphatic heterocycles. The molecule has 0 saturated carbocycles. The topological polar surface area (TPSA) is 60.4 Å². The third kappa shape index (κ3) is 4.64. The summed E-state index contributed by atoms with van der Waals surface area (Å²) in [6.45, 7) is 8.49. The van der Waals surface area contributed by atoms with Crippen LogP contribution in [0.1, 0.15) is 5.56 Å². The second kappa shape index (κ2) is 8.63. The summed E-state index contributed by atoms with van der Waals surface area (Å²) in [4.78, 5) is 1.76. The normalized spacial score (nSPS) is 14.7. The van der Waals surface area contributed by atoms with Gasteiger partial charge >= 0.3 is 0 Å². The van der Waals surface area contributed by atoms with Crippen LogP contribution in [0.5, 0.6) is 0 Å². The maximum atomic E-state index is 13.6. The van der Waals surface area contributed by atoms with Crippen LogP contribution in [0.15, 0.2) is 49.2 Å². The predicted octanol–water partition coefficient (Wildman–Crippen LogP) is 5.01. The van der Waals surface area contributed by atoms with Gasteiger partial charge in [-0.25, -0.2) is 4.39 Å². The van der Waals surface area contributed by atoms with Crippen LogP contribution in [0.3, 0.4) is 0 Å². The van der Waals surface area contributed by atoms with E-state index >= 15 is 0 Å². The first kappa shape index (κ1) is 20.2. The van der Waals surface area contributed by atoms with E-state index in [1.54, 1.807) is 17.2 Å². The zero-order chi connectivity index (χ0) is 20.1. The lowest BCUT2D eigenvalue weighted by atomic mass is 9.85. The molecule has 0 amide bonds. The average Bonchev–Trinajstić information content (AvgIpc) is 2.65. The SMILES string of the molecule is C=CN(C=N)CC1(CNc2ccc(Nc3ccc(Cl)c(F)c3)cc2C)COC1. The highest BCUT2D eigenvalue weighted by atomic mass is 35.5. The highest BCUT2D eigenvalue weighted by molar-refractivity contribution is 6.30. The van der Waals surface area contributed by atoms with Crippen molar-refractivity contribution in [3.63, 3.8) is 0 Å². The summed E-state index contributed by atoms with van der Waals surface area (Å²) in [7, 11) is 0. The van der Waals surface area contributed by atoms with E-state index in [4.69, 9.17) is 21.7 Å². The standard InChI is InChI=1S/C21H24ClFN4O/c1-3-27(14-24)11-21(12-28-13-21)10-25-20-7-5-16(8-15(20)2)26-17-4-6-18(22)19(23)9-17/h3-9,14,24-26H,1,10-13H2,2H3. The smallest absolute Gasteiger partial charge is 0.143 e. The van der Waals surface area contributed by atoms with Crippen LogP contribution < -0.4 is 10.6 Å². The minimum atomic E-state index is -0.451. The van der Waals surface area contributed by atoms with Crippen molar-refractivity contribution in [2.75, 3.05) is 36.9 Å². The summed E-state index contributed by atoms with van der Waals surface area (Å²) in [6.07, 6.45) is 2.93. The van der Waals surface area contributed by atoms with Crippen molar-refractivity contribution < 1.29 is 9.13 Å². The molecule has 1 fully saturated rings. The molecule has 0 aliphatic carbocycles. The van der Waals surface area contributed by atoms with Crippen molar-refractivity contribution in [2.24, 2.45) is 5.41 Å². The third-order valence-corrected chi connectivity index (χ3v) is 5.13. The maximum Gasteiger partial charge on any atom is 0.143 e. The van der Waals surface area contributed by atoms with Crippen molar-refractivity contribution in [2.45, 2.75) is 6.92 Å². The van der Waals surface area contributed by atoms with E-state index in [0.717, 1.165) is 23.5 Å². The minimum Gasteiger partial charge on any atom is -0.384 e. The average molecular weight is 403 g/mol. The van der Waals surface area contributed by atoms with Gasteiger partial charge in [0.15, 0.2) is 0 Å². The predicted molar refractivity (Wildman–Crippen MR) is 113 cm³/mol. The molecule has 0 unspecified atom stereocenters. The van der Waals surface area contributed by atoms with Crippen LogP contribution in [-0.2, 0) is 4.74 Å². The number of halogens is 2. The first-order valence-electron chi connectivity index (χ1n) is 8.98. The van der Waals surface area contributed by atoms with Crippen LogP contribution in [0.4, 0.5) is 21.5 Å². The summed E-state index contributed by atoms with van der Waals surface area (Å²) in [5, 5.41) is 14.2. The third-order valence-electron chi connectivity index (χ3n) is 4.82. The van der Waals surface area contributed by atoms with Gasteiger partial charge in [0.2, 0.25) is 0 Å². The second-order valence-electron chi connectivity index (χ2n) is 7.11. The number of hydrogen-bond acceptors (Lipinski definition) is 4. The molecule has 5 nitrogen and oxygen atoms in total. The Morgan fingerprint density at radius 2 is 2.00 bits per heavy atom. The van der Waals surface area contributed by atoms with Gasteiger partial charge in [-0.15, -0.1) is 0 Å². The molecule has 1 aliphatic rings. The summed E-state index contributed by atoms with van der Waals surface area (Å²) in [5.74, 6) is -0.451. The van der Waals surface area contributed by atoms with E-state index in [2.05, 4.69) is 17.2 Å². The Bertz CT molecular complexity index is 861. The number of nitrogens with one attached hydrogen (secondary N) is 3. The van der Waals surface area contributed by atoms with E-state index in [-0.39, 0.29) is 10.4 Å². The van der Waals surface area contributed by atoms with Gasteiger partial charge < -0.3 is 20.3 Å². The largest absolute Gasteiger partial charge is 0.384 e. The van der Waals surface area contributed by atoms with Gasteiger partial charge in [-0.1, -0.05) is 18.2 Å². The molecule has 2 aromatic rings. The van der Waals surface area contributed by atoms with E-state index in [9.17, 15) is 4.39 Å². The molecule has 7 heteroatoms. The number of anilines is 3. The van der Waals surface area contributed by atoms with Crippen molar-refractivity contribution in [3.8, 4) is 0 Å². The first-order valence-corrected chi connectivity index (χ1v) is 9.36. The molecule has 1 saturated heterocycles. The zero-order valence-electron chi connectivity index (χ0n) is 15.8. The molecule has 0 atom stereocenters. The van der Waals surface area contributed by atoms with Crippen molar-refractivity contribution in [3.05, 3.63) is 65.6 Å². The molecule has 3 rings (SSSR count). The highest BCUT2D eigenvalue weighted by Gasteiger charge is 2.39. The van der Waals surface area contributed by atoms with E-state index in [1.807, 2.05) is 25.1 Å². The molecule has 1 heterocycles. The van der Waals surface area contributed by atoms with Crippen LogP contribution in [0.25, 0.3) is 0 Å². The molecule has 148 valence electrons. The Morgan fingerprint density at radius 3 is 2.57 bits per heavy atom. The minimum absolute atomic E-state index is 0.0457. The van der Waals surface area contributed by atoms with Gasteiger partial charge in [0.05, 0.1) is 30.0 Å². The highest BCUT2D eigenvalue weighted by Crippen LogP contribution is 2.31. The number of aryl methyl sites for hydroxylation is 1. The van der Waals surface area contributed by atoms with E-state index in [1.165, 1.54) is 18.5 Å². The van der Waals surface area contributed by atoms with E-state index in [0.29, 0.717) is 25.4 Å². The van der Waals surface area contributed by atoms with Crippen LogP contribution in [0.2, 0.25) is 5.02 Å². The maximum absolute atomic E-state index is 13.6. The second-order valence-corrected chi connectivity index (χ2v) is 7.52. The molecule has 3 N–H and O–H groups in total. The van der Waals surface area contributed by atoms with Gasteiger partial charge in [0, 0.05) is 30.2 Å². The fraction of sp³-hybridized carbons (Fsp3) is 0.286. The van der Waals surface area contributed by atoms with Crippen molar-refractivity contribution >= 4 is 35.0 Å². The molecular formula is C21H24ClFN4O. The zero-order valence-corrected chi connectivity index (χ0v) is 16.5. The van der Waals surface area contributed by atoms with Gasteiger partial charge in [-0.3, -0.25) is 5.41 Å². The molecule has 0 spiro atoms. The lowest BCUT2D eigenvalue weighted by molar-refractivity contribution is -0.108. The number of hydrogen-bond donors (Lipinski definition) is 3. The lowest BCUT2D eigenvalue weighted by Crippen LogP contribution is -2.53. The monoisotopic (exact) mass is 402 g/mol. The summed E-state index contributed by atoms with van der Waals surface area (Å²) >= 11 is 5.73. The Hall–Kier alpha value is -2.57. The molecule has 0 bridgehead atoms. The van der Waals surface area contributed by atoms with Crippen molar-refractivity contribution in [1.29, 1.82) is 5.41 Å². The number of ether oxygens (including phenoxy) is 1. The van der Waals surface area contributed by atoms with Gasteiger partial charge in [0.25, 0.3) is 0 Å². The Morgan fingerprint density at radius 1 is 1.29 bits per heavy atom. The Labute approximate surface area is 169 Å². The number of rotatable bonds is 9.